The van der Waals surface area contributed by atoms with E-state index < -0.39 is 16.1 Å². The molecule has 9 nitrogen and oxygen atoms in total. The smallest absolute Gasteiger partial charge is 0.242 e. The van der Waals surface area contributed by atoms with Gasteiger partial charge >= 0.3 is 0 Å². The summed E-state index contributed by atoms with van der Waals surface area (Å²) >= 11 is 0. The molecule has 1 heterocycles. The summed E-state index contributed by atoms with van der Waals surface area (Å²) in [4.78, 5) is 28.5. The van der Waals surface area contributed by atoms with Crippen LogP contribution >= 0.6 is 0 Å². The van der Waals surface area contributed by atoms with Gasteiger partial charge in [0.25, 0.3) is 0 Å². The summed E-state index contributed by atoms with van der Waals surface area (Å²) < 4.78 is 37.8. The number of benzene rings is 2. The second-order valence-corrected chi connectivity index (χ2v) is 12.6. The fraction of sp³-hybridized carbons (Fsp3) is 0.533. The van der Waals surface area contributed by atoms with Crippen LogP contribution in [0.3, 0.4) is 0 Å². The van der Waals surface area contributed by atoms with Crippen LogP contribution in [0.15, 0.2) is 42.5 Å². The maximum atomic E-state index is 13.6. The van der Waals surface area contributed by atoms with Crippen LogP contribution in [0.1, 0.15) is 63.0 Å². The minimum absolute atomic E-state index is 0.101. The van der Waals surface area contributed by atoms with Crippen molar-refractivity contribution in [3.8, 4) is 11.5 Å². The number of carbonyl (C=O) groups excluding carboxylic acids is 2. The number of ether oxygens (including phenoxy) is 2. The predicted molar refractivity (Wildman–Crippen MR) is 155 cm³/mol. The van der Waals surface area contributed by atoms with E-state index in [2.05, 4.69) is 5.32 Å². The summed E-state index contributed by atoms with van der Waals surface area (Å²) in [7, 11) is -3.62. The van der Waals surface area contributed by atoms with Gasteiger partial charge < -0.3 is 19.7 Å². The van der Waals surface area contributed by atoms with Crippen LogP contribution in [0.25, 0.3) is 0 Å². The zero-order valence-corrected chi connectivity index (χ0v) is 24.5. The van der Waals surface area contributed by atoms with Gasteiger partial charge in [0, 0.05) is 31.6 Å². The molecule has 40 heavy (non-hydrogen) atoms. The largest absolute Gasteiger partial charge is 0.486 e. The topological polar surface area (TPSA) is 105 Å². The van der Waals surface area contributed by atoms with Crippen LogP contribution < -0.4 is 19.1 Å². The number of amides is 2. The van der Waals surface area contributed by atoms with Crippen molar-refractivity contribution < 1.29 is 27.5 Å². The summed E-state index contributed by atoms with van der Waals surface area (Å²) in [5.41, 5.74) is 2.47. The molecular weight excluding hydrogens is 530 g/mol. The van der Waals surface area contributed by atoms with Crippen LogP contribution in [0.2, 0.25) is 0 Å². The van der Waals surface area contributed by atoms with Crippen LogP contribution in [-0.4, -0.2) is 63.2 Å². The maximum Gasteiger partial charge on any atom is 0.242 e. The molecule has 0 bridgehead atoms. The fourth-order valence-electron chi connectivity index (χ4n) is 5.31. The quantitative estimate of drug-likeness (QED) is 0.434. The molecule has 1 aliphatic heterocycles. The maximum absolute atomic E-state index is 13.6. The van der Waals surface area contributed by atoms with E-state index >= 15 is 0 Å². The Bertz CT molecular complexity index is 1290. The summed E-state index contributed by atoms with van der Waals surface area (Å²) in [6.07, 6.45) is 6.86. The third kappa shape index (κ3) is 7.68. The van der Waals surface area contributed by atoms with Crippen molar-refractivity contribution in [3.63, 3.8) is 0 Å². The van der Waals surface area contributed by atoms with E-state index in [-0.39, 0.29) is 30.8 Å². The molecule has 1 atom stereocenters. The van der Waals surface area contributed by atoms with Crippen molar-refractivity contribution in [2.24, 2.45) is 0 Å². The Hall–Kier alpha value is -3.27. The number of anilines is 1. The minimum Gasteiger partial charge on any atom is -0.486 e. The molecule has 2 aromatic rings. The first-order chi connectivity index (χ1) is 19.1. The van der Waals surface area contributed by atoms with Gasteiger partial charge in [0.2, 0.25) is 21.8 Å². The molecule has 4 rings (SSSR count). The lowest BCUT2D eigenvalue weighted by Gasteiger charge is -2.32. The zero-order chi connectivity index (χ0) is 28.7. The van der Waals surface area contributed by atoms with E-state index in [0.717, 1.165) is 43.1 Å². The number of fused-ring (bicyclic) bond motifs is 1. The lowest BCUT2D eigenvalue weighted by Crippen LogP contribution is -2.50. The molecule has 1 saturated carbocycles. The van der Waals surface area contributed by atoms with E-state index in [4.69, 9.17) is 9.47 Å². The molecule has 0 radical (unpaired) electrons. The predicted octanol–water partition coefficient (Wildman–Crippen LogP) is 4.18. The second-order valence-electron chi connectivity index (χ2n) is 10.7. The van der Waals surface area contributed by atoms with Crippen LogP contribution in [0.4, 0.5) is 5.69 Å². The van der Waals surface area contributed by atoms with Gasteiger partial charge in [-0.1, -0.05) is 43.5 Å². The van der Waals surface area contributed by atoms with Crippen molar-refractivity contribution in [3.05, 3.63) is 53.6 Å². The molecule has 1 aliphatic carbocycles. The van der Waals surface area contributed by atoms with Crippen molar-refractivity contribution in [1.29, 1.82) is 0 Å². The van der Waals surface area contributed by atoms with Crippen LogP contribution in [0.5, 0.6) is 11.5 Å². The van der Waals surface area contributed by atoms with Gasteiger partial charge in [0.15, 0.2) is 11.5 Å². The monoisotopic (exact) mass is 571 g/mol. The molecule has 2 aliphatic rings. The summed E-state index contributed by atoms with van der Waals surface area (Å²) in [5.74, 6) is 0.731. The lowest BCUT2D eigenvalue weighted by atomic mass is 9.95. The van der Waals surface area contributed by atoms with Gasteiger partial charge in [-0.05, 0) is 56.4 Å². The highest BCUT2D eigenvalue weighted by molar-refractivity contribution is 7.92. The second kappa shape index (κ2) is 13.4. The summed E-state index contributed by atoms with van der Waals surface area (Å²) in [6, 6.07) is 12.3. The number of carbonyl (C=O) groups is 2. The first-order valence-electron chi connectivity index (χ1n) is 14.1. The third-order valence-corrected chi connectivity index (χ3v) is 8.88. The Kier molecular flexibility index (Phi) is 9.95. The number of nitrogens with zero attached hydrogens (tertiary/aromatic N) is 2. The molecule has 1 N–H and O–H groups in total. The Morgan fingerprint density at radius 1 is 1.02 bits per heavy atom. The van der Waals surface area contributed by atoms with E-state index in [1.165, 1.54) is 10.7 Å². The molecule has 0 saturated heterocycles. The highest BCUT2D eigenvalue weighted by atomic mass is 32.2. The Morgan fingerprint density at radius 2 is 1.73 bits per heavy atom. The number of aryl methyl sites for hydroxylation is 1. The van der Waals surface area contributed by atoms with Gasteiger partial charge in [-0.25, -0.2) is 8.42 Å². The number of nitrogens with one attached hydrogen (secondary N) is 1. The Balaban J connectivity index is 1.46. The van der Waals surface area contributed by atoms with Gasteiger partial charge in [-0.3, -0.25) is 13.9 Å². The normalized spacial score (nSPS) is 16.2. The zero-order valence-electron chi connectivity index (χ0n) is 23.7. The first-order valence-corrected chi connectivity index (χ1v) is 16.0. The number of hydrogen-bond donors (Lipinski definition) is 1. The van der Waals surface area contributed by atoms with E-state index in [0.29, 0.717) is 43.4 Å². The highest BCUT2D eigenvalue weighted by Gasteiger charge is 2.29. The molecule has 218 valence electrons. The molecule has 1 fully saturated rings. The fourth-order valence-corrected chi connectivity index (χ4v) is 6.27. The molecule has 2 amide bonds. The van der Waals surface area contributed by atoms with Gasteiger partial charge in [0.1, 0.15) is 19.3 Å². The summed E-state index contributed by atoms with van der Waals surface area (Å²) in [5, 5.41) is 3.15. The third-order valence-electron chi connectivity index (χ3n) is 7.69. The molecule has 0 spiro atoms. The van der Waals surface area contributed by atoms with Crippen molar-refractivity contribution in [2.45, 2.75) is 77.4 Å². The highest BCUT2D eigenvalue weighted by Crippen LogP contribution is 2.34. The molecule has 0 aromatic heterocycles. The van der Waals surface area contributed by atoms with E-state index in [1.807, 2.05) is 31.2 Å². The van der Waals surface area contributed by atoms with Gasteiger partial charge in [0.05, 0.1) is 11.9 Å². The van der Waals surface area contributed by atoms with E-state index in [9.17, 15) is 18.0 Å². The van der Waals surface area contributed by atoms with Crippen LogP contribution in [-0.2, 0) is 26.2 Å². The van der Waals surface area contributed by atoms with Crippen molar-refractivity contribution in [1.82, 2.24) is 10.2 Å². The van der Waals surface area contributed by atoms with E-state index in [1.54, 1.807) is 30.0 Å². The van der Waals surface area contributed by atoms with Crippen LogP contribution in [0, 0.1) is 6.92 Å². The Morgan fingerprint density at radius 3 is 2.42 bits per heavy atom. The summed E-state index contributed by atoms with van der Waals surface area (Å²) in [6.45, 7) is 5.02. The lowest BCUT2D eigenvalue weighted by molar-refractivity contribution is -0.141. The number of sulfonamides is 1. The number of hydrogen-bond acceptors (Lipinski definition) is 6. The minimum atomic E-state index is -3.62. The average Bonchev–Trinajstić information content (AvgIpc) is 2.94. The molecular formula is C30H41N3O6S. The molecule has 10 heteroatoms. The Labute approximate surface area is 237 Å². The number of rotatable bonds is 11. The average molecular weight is 572 g/mol. The van der Waals surface area contributed by atoms with Gasteiger partial charge in [-0.15, -0.1) is 0 Å². The molecule has 0 unspecified atom stereocenters. The molecule has 2 aromatic carbocycles. The standard InChI is InChI=1S/C30H41N3O6S/c1-22-10-7-8-11-24(22)21-32(23(2)30(35)31-25-12-5-4-6-13-25)29(34)14-9-17-33(40(3,36)37)26-15-16-27-28(20-26)39-19-18-38-27/h7-8,10-11,15-16,20,23,25H,4-6,9,12-14,17-19,21H2,1-3H3,(H,31,35)/t23-/m1/s1. The van der Waals surface area contributed by atoms with Crippen molar-refractivity contribution in [2.75, 3.05) is 30.3 Å². The van der Waals surface area contributed by atoms with Crippen molar-refractivity contribution >= 4 is 27.5 Å². The first kappa shape index (κ1) is 29.7. The van der Waals surface area contributed by atoms with Gasteiger partial charge in [-0.2, -0.15) is 0 Å². The SMILES string of the molecule is Cc1ccccc1CN(C(=O)CCCN(c1ccc2c(c1)OCCO2)S(C)(=O)=O)[C@H](C)C(=O)NC1CCCCC1.